The maximum absolute atomic E-state index is 11.1. The summed E-state index contributed by atoms with van der Waals surface area (Å²) in [5, 5.41) is 8.91. The van der Waals surface area contributed by atoms with Gasteiger partial charge >= 0.3 is 11.7 Å². The lowest BCUT2D eigenvalue weighted by Gasteiger charge is -2.10. The predicted molar refractivity (Wildman–Crippen MR) is 44.4 cm³/mol. The number of imidazole rings is 1. The van der Waals surface area contributed by atoms with Gasteiger partial charge in [0.25, 0.3) is 0 Å². The molecular weight excluding hydrogens is 172 g/mol. The summed E-state index contributed by atoms with van der Waals surface area (Å²) in [6.45, 7) is 0. The third-order valence-electron chi connectivity index (χ3n) is 2.30. The van der Waals surface area contributed by atoms with E-state index in [1.807, 2.05) is 0 Å². The molecule has 1 saturated carbocycles. The molecule has 0 radical (unpaired) electrons. The van der Waals surface area contributed by atoms with Gasteiger partial charge in [-0.2, -0.15) is 0 Å². The van der Waals surface area contributed by atoms with Gasteiger partial charge in [0.05, 0.1) is 0 Å². The number of aliphatic carboxylic acids is 1. The van der Waals surface area contributed by atoms with E-state index < -0.39 is 12.0 Å². The molecule has 1 fully saturated rings. The molecule has 0 spiro atoms. The highest BCUT2D eigenvalue weighted by atomic mass is 16.4. The van der Waals surface area contributed by atoms with E-state index in [9.17, 15) is 9.59 Å². The Hall–Kier alpha value is -1.52. The highest BCUT2D eigenvalue weighted by molar-refractivity contribution is 5.72. The summed E-state index contributed by atoms with van der Waals surface area (Å²) >= 11 is 0. The van der Waals surface area contributed by atoms with E-state index in [1.165, 1.54) is 17.0 Å². The van der Waals surface area contributed by atoms with Gasteiger partial charge < -0.3 is 10.1 Å². The Morgan fingerprint density at radius 3 is 2.77 bits per heavy atom. The van der Waals surface area contributed by atoms with Crippen LogP contribution in [0.4, 0.5) is 0 Å². The Morgan fingerprint density at radius 1 is 1.69 bits per heavy atom. The van der Waals surface area contributed by atoms with Crippen molar-refractivity contribution in [1.82, 2.24) is 9.55 Å². The molecule has 0 saturated heterocycles. The first-order chi connectivity index (χ1) is 6.20. The van der Waals surface area contributed by atoms with Crippen LogP contribution in [0.2, 0.25) is 0 Å². The minimum absolute atomic E-state index is 0.131. The molecule has 5 heteroatoms. The summed E-state index contributed by atoms with van der Waals surface area (Å²) in [6.07, 6.45) is 4.74. The Labute approximate surface area is 74.0 Å². The van der Waals surface area contributed by atoms with Crippen LogP contribution in [0, 0.1) is 5.92 Å². The van der Waals surface area contributed by atoms with Gasteiger partial charge in [-0.3, -0.25) is 4.57 Å². The van der Waals surface area contributed by atoms with Crippen molar-refractivity contribution >= 4 is 5.97 Å². The van der Waals surface area contributed by atoms with Gasteiger partial charge in [0.1, 0.15) is 6.04 Å². The van der Waals surface area contributed by atoms with Crippen molar-refractivity contribution in [2.45, 2.75) is 18.9 Å². The number of rotatable bonds is 3. The van der Waals surface area contributed by atoms with Gasteiger partial charge in [-0.15, -0.1) is 0 Å². The summed E-state index contributed by atoms with van der Waals surface area (Å²) in [7, 11) is 0. The number of aromatic amines is 1. The van der Waals surface area contributed by atoms with Crippen molar-refractivity contribution in [1.29, 1.82) is 0 Å². The normalized spacial score (nSPS) is 18.5. The minimum atomic E-state index is -0.927. The van der Waals surface area contributed by atoms with E-state index >= 15 is 0 Å². The van der Waals surface area contributed by atoms with Gasteiger partial charge in [-0.25, -0.2) is 9.59 Å². The molecular formula is C8H10N2O3. The smallest absolute Gasteiger partial charge is 0.327 e. The van der Waals surface area contributed by atoms with Crippen LogP contribution >= 0.6 is 0 Å². The van der Waals surface area contributed by atoms with Crippen molar-refractivity contribution in [3.8, 4) is 0 Å². The zero-order chi connectivity index (χ0) is 9.42. The first-order valence-corrected chi connectivity index (χ1v) is 4.18. The molecule has 1 aliphatic rings. The molecule has 1 aliphatic carbocycles. The van der Waals surface area contributed by atoms with E-state index in [0.29, 0.717) is 0 Å². The third kappa shape index (κ3) is 1.37. The Bertz CT molecular complexity index is 375. The molecule has 0 aromatic carbocycles. The van der Waals surface area contributed by atoms with E-state index in [0.717, 1.165) is 12.8 Å². The summed E-state index contributed by atoms with van der Waals surface area (Å²) in [5.74, 6) is -0.796. The third-order valence-corrected chi connectivity index (χ3v) is 2.30. The lowest BCUT2D eigenvalue weighted by molar-refractivity contribution is -0.141. The van der Waals surface area contributed by atoms with Gasteiger partial charge in [0.2, 0.25) is 0 Å². The fourth-order valence-corrected chi connectivity index (χ4v) is 1.51. The highest BCUT2D eigenvalue weighted by Crippen LogP contribution is 2.39. The number of carbonyl (C=O) groups is 1. The molecule has 0 aliphatic heterocycles. The Morgan fingerprint density at radius 2 is 2.38 bits per heavy atom. The molecule has 2 N–H and O–H groups in total. The average Bonchev–Trinajstić information content (AvgIpc) is 2.78. The summed E-state index contributed by atoms with van der Waals surface area (Å²) in [6, 6.07) is -0.682. The number of carboxylic acid groups (broad SMARTS) is 1. The maximum atomic E-state index is 11.1. The Kier molecular flexibility index (Phi) is 1.72. The summed E-state index contributed by atoms with van der Waals surface area (Å²) < 4.78 is 1.25. The molecule has 1 unspecified atom stereocenters. The van der Waals surface area contributed by atoms with Crippen LogP contribution in [0.15, 0.2) is 17.2 Å². The zero-order valence-electron chi connectivity index (χ0n) is 6.93. The minimum Gasteiger partial charge on any atom is -0.480 e. The van der Waals surface area contributed by atoms with Gasteiger partial charge in [-0.05, 0) is 18.8 Å². The lowest BCUT2D eigenvalue weighted by atomic mass is 10.2. The van der Waals surface area contributed by atoms with E-state index in [1.54, 1.807) is 0 Å². The van der Waals surface area contributed by atoms with E-state index in [2.05, 4.69) is 4.98 Å². The number of nitrogens with one attached hydrogen (secondary N) is 1. The number of H-pyrrole nitrogens is 1. The first-order valence-electron chi connectivity index (χ1n) is 4.18. The maximum Gasteiger partial charge on any atom is 0.327 e. The van der Waals surface area contributed by atoms with Crippen molar-refractivity contribution < 1.29 is 9.90 Å². The summed E-state index contributed by atoms with van der Waals surface area (Å²) in [5.41, 5.74) is -0.348. The number of carboxylic acids is 1. The molecule has 1 heterocycles. The molecule has 2 rings (SSSR count). The number of hydrogen-bond acceptors (Lipinski definition) is 2. The fraction of sp³-hybridized carbons (Fsp3) is 0.500. The van der Waals surface area contributed by atoms with Crippen molar-refractivity contribution in [3.63, 3.8) is 0 Å². The molecule has 13 heavy (non-hydrogen) atoms. The predicted octanol–water partition coefficient (Wildman–Crippen LogP) is 0.212. The second-order valence-electron chi connectivity index (χ2n) is 3.29. The average molecular weight is 182 g/mol. The molecule has 1 aromatic heterocycles. The van der Waals surface area contributed by atoms with Gasteiger partial charge in [0.15, 0.2) is 0 Å². The van der Waals surface area contributed by atoms with Crippen LogP contribution in [0.5, 0.6) is 0 Å². The highest BCUT2D eigenvalue weighted by Gasteiger charge is 2.38. The lowest BCUT2D eigenvalue weighted by Crippen LogP contribution is -2.28. The molecule has 1 atom stereocenters. The topological polar surface area (TPSA) is 75.1 Å². The molecule has 1 aromatic rings. The standard InChI is InChI=1S/C8H10N2O3/c11-7(12)6(5-1-2-5)10-4-3-9-8(10)13/h3-6H,1-2H2,(H,9,13)(H,11,12). The van der Waals surface area contributed by atoms with Gasteiger partial charge in [-0.1, -0.05) is 0 Å². The van der Waals surface area contributed by atoms with Crippen LogP contribution in [-0.4, -0.2) is 20.6 Å². The largest absolute Gasteiger partial charge is 0.480 e. The van der Waals surface area contributed by atoms with Crippen LogP contribution in [0.3, 0.4) is 0 Å². The van der Waals surface area contributed by atoms with E-state index in [-0.39, 0.29) is 11.6 Å². The Balaban J connectivity index is 2.35. The number of aromatic nitrogens is 2. The quantitative estimate of drug-likeness (QED) is 0.701. The van der Waals surface area contributed by atoms with Crippen LogP contribution in [-0.2, 0) is 4.79 Å². The fourth-order valence-electron chi connectivity index (χ4n) is 1.51. The van der Waals surface area contributed by atoms with Crippen molar-refractivity contribution in [2.75, 3.05) is 0 Å². The second-order valence-corrected chi connectivity index (χ2v) is 3.29. The second kappa shape index (κ2) is 2.76. The molecule has 70 valence electrons. The van der Waals surface area contributed by atoms with Crippen molar-refractivity contribution in [2.24, 2.45) is 5.92 Å². The molecule has 5 nitrogen and oxygen atoms in total. The van der Waals surface area contributed by atoms with Crippen LogP contribution in [0.1, 0.15) is 18.9 Å². The number of hydrogen-bond donors (Lipinski definition) is 2. The summed E-state index contributed by atoms with van der Waals surface area (Å²) in [4.78, 5) is 24.4. The monoisotopic (exact) mass is 182 g/mol. The van der Waals surface area contributed by atoms with Crippen LogP contribution in [0.25, 0.3) is 0 Å². The SMILES string of the molecule is O=C(O)C(C1CC1)n1cc[nH]c1=O. The van der Waals surface area contributed by atoms with Crippen LogP contribution < -0.4 is 5.69 Å². The zero-order valence-corrected chi connectivity index (χ0v) is 6.93. The first kappa shape index (κ1) is 8.10. The van der Waals surface area contributed by atoms with Gasteiger partial charge in [0, 0.05) is 12.4 Å². The van der Waals surface area contributed by atoms with Crippen molar-refractivity contribution in [3.05, 3.63) is 22.9 Å². The van der Waals surface area contributed by atoms with E-state index in [4.69, 9.17) is 5.11 Å². The molecule has 0 bridgehead atoms. The number of nitrogens with zero attached hydrogens (tertiary/aromatic N) is 1. The molecule has 0 amide bonds.